The molecule has 40 heavy (non-hydrogen) atoms. The summed E-state index contributed by atoms with van der Waals surface area (Å²) in [6.07, 6.45) is -2.34. The number of nitrogens with zero attached hydrogens (tertiary/aromatic N) is 3. The maximum absolute atomic E-state index is 12.9. The Balaban J connectivity index is 3.11. The smallest absolute Gasteiger partial charge is 0.417 e. The summed E-state index contributed by atoms with van der Waals surface area (Å²) in [5.74, 6) is -1.79. The zero-order valence-corrected chi connectivity index (χ0v) is 24.9. The summed E-state index contributed by atoms with van der Waals surface area (Å²) in [5.41, 5.74) is -2.50. The van der Waals surface area contributed by atoms with Crippen LogP contribution in [0.5, 0.6) is 0 Å². The molecule has 3 amide bonds. The summed E-state index contributed by atoms with van der Waals surface area (Å²) < 4.78 is 25.9. The number of nitrogens with one attached hydrogen (secondary N) is 3. The van der Waals surface area contributed by atoms with Crippen LogP contribution in [0.2, 0.25) is 0 Å². The van der Waals surface area contributed by atoms with Gasteiger partial charge in [0.2, 0.25) is 11.9 Å². The van der Waals surface area contributed by atoms with Crippen molar-refractivity contribution in [3.63, 3.8) is 0 Å². The number of amides is 3. The zero-order chi connectivity index (χ0) is 30.9. The van der Waals surface area contributed by atoms with Crippen LogP contribution < -0.4 is 10.6 Å². The van der Waals surface area contributed by atoms with Crippen molar-refractivity contribution in [1.29, 1.82) is 5.41 Å². The minimum absolute atomic E-state index is 0.0975. The summed E-state index contributed by atoms with van der Waals surface area (Å²) >= 11 is 0. The maximum Gasteiger partial charge on any atom is 0.417 e. The number of hydrogen-bond acceptors (Lipinski definition) is 12. The van der Waals surface area contributed by atoms with E-state index in [1.807, 2.05) is 0 Å². The topological polar surface area (TPSA) is 195 Å². The van der Waals surface area contributed by atoms with Gasteiger partial charge in [-0.1, -0.05) is 0 Å². The number of carbonyl (C=O) groups excluding carboxylic acids is 4. The van der Waals surface area contributed by atoms with Crippen molar-refractivity contribution < 1.29 is 42.6 Å². The Hall–Kier alpha value is -3.91. The molecular formula is C25H42N6O9. The van der Waals surface area contributed by atoms with Crippen LogP contribution in [0.15, 0.2) is 4.52 Å². The first-order chi connectivity index (χ1) is 18.2. The maximum atomic E-state index is 12.9. The van der Waals surface area contributed by atoms with Crippen LogP contribution in [0, 0.1) is 5.41 Å². The molecule has 0 saturated heterocycles. The first-order valence-corrected chi connectivity index (χ1v) is 12.8. The van der Waals surface area contributed by atoms with Crippen LogP contribution in [-0.2, 0) is 18.9 Å². The molecule has 226 valence electrons. The van der Waals surface area contributed by atoms with Crippen LogP contribution in [0.4, 0.5) is 14.4 Å². The van der Waals surface area contributed by atoms with E-state index in [1.54, 1.807) is 69.2 Å². The average molecular weight is 571 g/mol. The molecular weight excluding hydrogens is 528 g/mol. The van der Waals surface area contributed by atoms with Gasteiger partial charge in [-0.05, 0) is 87.2 Å². The normalized spacial score (nSPS) is 12.6. The molecule has 0 aliphatic rings. The molecule has 1 heterocycles. The fourth-order valence-electron chi connectivity index (χ4n) is 2.90. The summed E-state index contributed by atoms with van der Waals surface area (Å²) in [5, 5.41) is 16.8. The molecule has 1 atom stereocenters. The third-order valence-corrected chi connectivity index (χ3v) is 4.27. The summed E-state index contributed by atoms with van der Waals surface area (Å²) in [6.45, 7) is 16.6. The van der Waals surface area contributed by atoms with E-state index in [2.05, 4.69) is 20.8 Å². The Morgan fingerprint density at radius 1 is 0.925 bits per heavy atom. The number of aromatic nitrogens is 2. The van der Waals surface area contributed by atoms with E-state index >= 15 is 0 Å². The number of alkyl carbamates (subject to hydrolysis) is 2. The number of esters is 1. The standard InChI is InChI=1S/C25H42N6O9/c1-11-36-18(32)16-28-17(40-30-16)15(27-20(33)37-23(2,3)4)13-12-14-31(22(35)39-25(8,9)10)19(26)29-21(34)38-24(5,6)7/h15H,11-14H2,1-10H3,(H,27,33)(H2,26,29,34)/t15-/m0/s1. The second-order valence-corrected chi connectivity index (χ2v) is 11.6. The molecule has 1 rings (SSSR count). The second kappa shape index (κ2) is 13.9. The monoisotopic (exact) mass is 570 g/mol. The van der Waals surface area contributed by atoms with E-state index in [4.69, 9.17) is 28.9 Å². The SMILES string of the molecule is CCOC(=O)c1noc([C@H](CCCN(C(=N)NC(=O)OC(C)(C)C)C(=O)OC(C)(C)C)NC(=O)OC(C)(C)C)n1. The van der Waals surface area contributed by atoms with Crippen LogP contribution in [-0.4, -0.2) is 75.2 Å². The van der Waals surface area contributed by atoms with Crippen molar-refractivity contribution in [3.8, 4) is 0 Å². The van der Waals surface area contributed by atoms with E-state index in [9.17, 15) is 19.2 Å². The van der Waals surface area contributed by atoms with Crippen molar-refractivity contribution >= 4 is 30.2 Å². The van der Waals surface area contributed by atoms with Gasteiger partial charge < -0.3 is 28.8 Å². The number of ether oxygens (including phenoxy) is 4. The molecule has 0 bridgehead atoms. The predicted molar refractivity (Wildman–Crippen MR) is 142 cm³/mol. The van der Waals surface area contributed by atoms with Crippen molar-refractivity contribution in [2.24, 2.45) is 0 Å². The summed E-state index contributed by atoms with van der Waals surface area (Å²) in [6, 6.07) is -0.931. The van der Waals surface area contributed by atoms with Crippen LogP contribution in [0.1, 0.15) is 105 Å². The van der Waals surface area contributed by atoms with Gasteiger partial charge >= 0.3 is 24.2 Å². The number of rotatable bonds is 8. The van der Waals surface area contributed by atoms with Crippen molar-refractivity contribution in [2.75, 3.05) is 13.2 Å². The van der Waals surface area contributed by atoms with Gasteiger partial charge in [-0.2, -0.15) is 4.98 Å². The van der Waals surface area contributed by atoms with Gasteiger partial charge in [0.25, 0.3) is 5.82 Å². The minimum atomic E-state index is -0.931. The lowest BCUT2D eigenvalue weighted by Crippen LogP contribution is -2.49. The summed E-state index contributed by atoms with van der Waals surface area (Å²) in [4.78, 5) is 54.5. The quantitative estimate of drug-likeness (QED) is 0.174. The Morgan fingerprint density at radius 3 is 2.00 bits per heavy atom. The molecule has 0 fully saturated rings. The Labute approximate surface area is 234 Å². The van der Waals surface area contributed by atoms with Gasteiger partial charge in [0.1, 0.15) is 22.8 Å². The van der Waals surface area contributed by atoms with E-state index in [-0.39, 0.29) is 37.7 Å². The predicted octanol–water partition coefficient (Wildman–Crippen LogP) is 4.29. The fourth-order valence-corrected chi connectivity index (χ4v) is 2.90. The van der Waals surface area contributed by atoms with Gasteiger partial charge in [-0.25, -0.2) is 24.1 Å². The molecule has 0 aliphatic carbocycles. The van der Waals surface area contributed by atoms with Crippen molar-refractivity contribution in [3.05, 3.63) is 11.7 Å². The van der Waals surface area contributed by atoms with E-state index < -0.39 is 53.1 Å². The first kappa shape index (κ1) is 34.1. The highest BCUT2D eigenvalue weighted by Crippen LogP contribution is 2.20. The van der Waals surface area contributed by atoms with Gasteiger partial charge in [0.05, 0.1) is 6.61 Å². The highest BCUT2D eigenvalue weighted by atomic mass is 16.6. The number of hydrogen-bond donors (Lipinski definition) is 3. The van der Waals surface area contributed by atoms with Gasteiger partial charge in [0, 0.05) is 6.54 Å². The molecule has 15 heteroatoms. The van der Waals surface area contributed by atoms with Gasteiger partial charge in [-0.15, -0.1) is 0 Å². The van der Waals surface area contributed by atoms with E-state index in [0.29, 0.717) is 0 Å². The number of carbonyl (C=O) groups is 4. The Bertz CT molecular complexity index is 1050. The molecule has 0 radical (unpaired) electrons. The third kappa shape index (κ3) is 13.2. The molecule has 0 unspecified atom stereocenters. The minimum Gasteiger partial charge on any atom is -0.460 e. The van der Waals surface area contributed by atoms with E-state index in [0.717, 1.165) is 4.90 Å². The zero-order valence-electron chi connectivity index (χ0n) is 24.9. The largest absolute Gasteiger partial charge is 0.460 e. The molecule has 0 spiro atoms. The van der Waals surface area contributed by atoms with E-state index in [1.165, 1.54) is 0 Å². The van der Waals surface area contributed by atoms with Crippen LogP contribution >= 0.6 is 0 Å². The Morgan fingerprint density at radius 2 is 1.48 bits per heavy atom. The van der Waals surface area contributed by atoms with Crippen LogP contribution in [0.3, 0.4) is 0 Å². The molecule has 3 N–H and O–H groups in total. The molecule has 0 saturated carbocycles. The molecule has 0 aliphatic heterocycles. The summed E-state index contributed by atoms with van der Waals surface area (Å²) in [7, 11) is 0. The lowest BCUT2D eigenvalue weighted by molar-refractivity contribution is 0.0347. The first-order valence-electron chi connectivity index (χ1n) is 12.8. The molecule has 1 aromatic heterocycles. The fraction of sp³-hybridized carbons (Fsp3) is 0.720. The molecule has 15 nitrogen and oxygen atoms in total. The third-order valence-electron chi connectivity index (χ3n) is 4.27. The highest BCUT2D eigenvalue weighted by molar-refractivity contribution is 5.99. The molecule has 0 aromatic carbocycles. The average Bonchev–Trinajstić information content (AvgIpc) is 3.22. The Kier molecular flexibility index (Phi) is 11.9. The van der Waals surface area contributed by atoms with Gasteiger partial charge in [0.15, 0.2) is 0 Å². The lowest BCUT2D eigenvalue weighted by atomic mass is 10.1. The second-order valence-electron chi connectivity index (χ2n) is 11.6. The lowest BCUT2D eigenvalue weighted by Gasteiger charge is -2.28. The highest BCUT2D eigenvalue weighted by Gasteiger charge is 2.30. The van der Waals surface area contributed by atoms with Crippen LogP contribution in [0.25, 0.3) is 0 Å². The van der Waals surface area contributed by atoms with Crippen molar-refractivity contribution in [1.82, 2.24) is 25.7 Å². The molecule has 1 aromatic rings. The number of guanidine groups is 1. The van der Waals surface area contributed by atoms with Crippen molar-refractivity contribution in [2.45, 2.75) is 105 Å². The van der Waals surface area contributed by atoms with Gasteiger partial charge in [-0.3, -0.25) is 10.7 Å².